The first-order valence-electron chi connectivity index (χ1n) is 9.52. The normalized spacial score (nSPS) is 25.2. The van der Waals surface area contributed by atoms with Gasteiger partial charge in [-0.05, 0) is 42.6 Å². The number of hydrogen-bond donors (Lipinski definition) is 0. The van der Waals surface area contributed by atoms with Crippen LogP contribution in [0.25, 0.3) is 0 Å². The molecule has 0 amide bonds. The van der Waals surface area contributed by atoms with E-state index in [1.165, 1.54) is 12.1 Å². The molecule has 3 rings (SSSR count). The molecular formula is C23H24Cl2F2N2. The molecule has 1 fully saturated rings. The lowest BCUT2D eigenvalue weighted by Crippen LogP contribution is -2.45. The summed E-state index contributed by atoms with van der Waals surface area (Å²) in [6, 6.07) is 11.2. The van der Waals surface area contributed by atoms with Crippen molar-refractivity contribution in [2.75, 3.05) is 13.6 Å². The van der Waals surface area contributed by atoms with E-state index in [0.717, 1.165) is 0 Å². The first-order valence-corrected chi connectivity index (χ1v) is 10.3. The van der Waals surface area contributed by atoms with E-state index < -0.39 is 23.0 Å². The van der Waals surface area contributed by atoms with Gasteiger partial charge >= 0.3 is 0 Å². The quantitative estimate of drug-likeness (QED) is 0.543. The second kappa shape index (κ2) is 7.87. The van der Waals surface area contributed by atoms with Crippen LogP contribution in [-0.2, 0) is 5.41 Å². The Hall–Kier alpha value is -1.67. The summed E-state index contributed by atoms with van der Waals surface area (Å²) in [4.78, 5) is 2.04. The van der Waals surface area contributed by atoms with E-state index >= 15 is 8.78 Å². The molecule has 0 N–H and O–H groups in total. The van der Waals surface area contributed by atoms with Crippen LogP contribution in [0.1, 0.15) is 44.2 Å². The standard InChI is InChI=1S/C23H24Cl2F2N2/c1-22(2,3)11-20-23(13-28,16-9-8-14(24)10-19(16)26)17(12-29(20)4)15-6-5-7-18(25)21(15)27/h5-10,17,20H,11-12H2,1-4H3/t17?,20?,23-/m1/s1. The minimum absolute atomic E-state index is 0.00663. The molecule has 1 heterocycles. The third-order valence-electron chi connectivity index (χ3n) is 5.80. The van der Waals surface area contributed by atoms with Crippen molar-refractivity contribution >= 4 is 23.2 Å². The summed E-state index contributed by atoms with van der Waals surface area (Å²) in [5.74, 6) is -1.70. The van der Waals surface area contributed by atoms with Crippen molar-refractivity contribution in [3.05, 3.63) is 69.2 Å². The monoisotopic (exact) mass is 436 g/mol. The molecule has 2 aromatic rings. The molecule has 2 unspecified atom stereocenters. The number of likely N-dealkylation sites (N-methyl/N-ethyl adjacent to an activating group) is 1. The second-order valence-electron chi connectivity index (χ2n) is 9.02. The van der Waals surface area contributed by atoms with Gasteiger partial charge in [-0.15, -0.1) is 0 Å². The maximum atomic E-state index is 15.2. The van der Waals surface area contributed by atoms with Gasteiger partial charge in [-0.3, -0.25) is 0 Å². The molecule has 0 bridgehead atoms. The van der Waals surface area contributed by atoms with Crippen LogP contribution < -0.4 is 0 Å². The van der Waals surface area contributed by atoms with Crippen molar-refractivity contribution < 1.29 is 8.78 Å². The Balaban J connectivity index is 2.30. The van der Waals surface area contributed by atoms with Crippen LogP contribution in [0, 0.1) is 28.4 Å². The topological polar surface area (TPSA) is 27.0 Å². The van der Waals surface area contributed by atoms with Crippen molar-refractivity contribution in [3.63, 3.8) is 0 Å². The van der Waals surface area contributed by atoms with Gasteiger partial charge in [-0.25, -0.2) is 8.78 Å². The van der Waals surface area contributed by atoms with Gasteiger partial charge in [0.1, 0.15) is 17.0 Å². The Morgan fingerprint density at radius 2 is 1.90 bits per heavy atom. The van der Waals surface area contributed by atoms with Crippen molar-refractivity contribution in [1.82, 2.24) is 4.90 Å². The van der Waals surface area contributed by atoms with E-state index in [4.69, 9.17) is 23.2 Å². The minimum atomic E-state index is -1.29. The predicted octanol–water partition coefficient (Wildman–Crippen LogP) is 6.57. The summed E-state index contributed by atoms with van der Waals surface area (Å²) < 4.78 is 30.2. The van der Waals surface area contributed by atoms with E-state index in [0.29, 0.717) is 18.5 Å². The van der Waals surface area contributed by atoms with Crippen molar-refractivity contribution in [1.29, 1.82) is 5.26 Å². The van der Waals surface area contributed by atoms with E-state index in [-0.39, 0.29) is 27.1 Å². The van der Waals surface area contributed by atoms with Gasteiger partial charge in [0, 0.05) is 29.1 Å². The van der Waals surface area contributed by atoms with Gasteiger partial charge in [0.05, 0.1) is 11.1 Å². The molecule has 1 aliphatic rings. The van der Waals surface area contributed by atoms with Gasteiger partial charge < -0.3 is 4.90 Å². The molecule has 0 aliphatic carbocycles. The zero-order valence-electron chi connectivity index (χ0n) is 16.9. The summed E-state index contributed by atoms with van der Waals surface area (Å²) in [6.07, 6.45) is 0.637. The van der Waals surface area contributed by atoms with Crippen LogP contribution in [0.4, 0.5) is 8.78 Å². The van der Waals surface area contributed by atoms with Crippen LogP contribution in [-0.4, -0.2) is 24.5 Å². The molecule has 0 aromatic heterocycles. The maximum Gasteiger partial charge on any atom is 0.145 e. The summed E-state index contributed by atoms with van der Waals surface area (Å²) in [5.41, 5.74) is -0.836. The number of halogens is 4. The highest BCUT2D eigenvalue weighted by Gasteiger charge is 2.57. The molecule has 154 valence electrons. The fourth-order valence-corrected chi connectivity index (χ4v) is 4.91. The van der Waals surface area contributed by atoms with Gasteiger partial charge in [0.25, 0.3) is 0 Å². The Labute approximate surface area is 181 Å². The van der Waals surface area contributed by atoms with Crippen LogP contribution in [0.2, 0.25) is 10.0 Å². The first kappa shape index (κ1) is 22.0. The third-order valence-corrected chi connectivity index (χ3v) is 6.33. The number of likely N-dealkylation sites (tertiary alicyclic amines) is 1. The van der Waals surface area contributed by atoms with Gasteiger partial charge in [-0.2, -0.15) is 5.26 Å². The lowest BCUT2D eigenvalue weighted by Gasteiger charge is -2.38. The van der Waals surface area contributed by atoms with Crippen molar-refractivity contribution in [2.24, 2.45) is 5.41 Å². The SMILES string of the molecule is CN1CC(c2cccc(Cl)c2F)[C@@](C#N)(c2ccc(Cl)cc2F)C1CC(C)(C)C. The number of rotatable bonds is 3. The van der Waals surface area contributed by atoms with E-state index in [1.54, 1.807) is 24.3 Å². The van der Waals surface area contributed by atoms with E-state index in [2.05, 4.69) is 26.8 Å². The maximum absolute atomic E-state index is 15.2. The highest BCUT2D eigenvalue weighted by molar-refractivity contribution is 6.31. The third kappa shape index (κ3) is 3.89. The van der Waals surface area contributed by atoms with E-state index in [9.17, 15) is 5.26 Å². The Bertz CT molecular complexity index is 964. The number of benzene rings is 2. The van der Waals surface area contributed by atoms with Crippen LogP contribution >= 0.6 is 23.2 Å². The summed E-state index contributed by atoms with van der Waals surface area (Å²) in [6.45, 7) is 6.64. The first-order chi connectivity index (χ1) is 13.5. The highest BCUT2D eigenvalue weighted by Crippen LogP contribution is 2.53. The number of nitriles is 1. The summed E-state index contributed by atoms with van der Waals surface area (Å²) in [5, 5.41) is 10.8. The molecule has 1 aliphatic heterocycles. The fraction of sp³-hybridized carbons (Fsp3) is 0.435. The Morgan fingerprint density at radius 1 is 1.21 bits per heavy atom. The van der Waals surface area contributed by atoms with Gasteiger partial charge in [0.15, 0.2) is 0 Å². The highest BCUT2D eigenvalue weighted by atomic mass is 35.5. The van der Waals surface area contributed by atoms with Crippen LogP contribution in [0.3, 0.4) is 0 Å². The number of hydrogen-bond acceptors (Lipinski definition) is 2. The second-order valence-corrected chi connectivity index (χ2v) is 9.86. The molecule has 29 heavy (non-hydrogen) atoms. The van der Waals surface area contributed by atoms with Crippen LogP contribution in [0.15, 0.2) is 36.4 Å². The molecule has 1 saturated heterocycles. The predicted molar refractivity (Wildman–Crippen MR) is 113 cm³/mol. The van der Waals surface area contributed by atoms with Crippen molar-refractivity contribution in [3.8, 4) is 6.07 Å². The molecule has 0 saturated carbocycles. The van der Waals surface area contributed by atoms with Gasteiger partial charge in [0.2, 0.25) is 0 Å². The van der Waals surface area contributed by atoms with Gasteiger partial charge in [-0.1, -0.05) is 62.2 Å². The lowest BCUT2D eigenvalue weighted by molar-refractivity contribution is 0.191. The average molecular weight is 437 g/mol. The Kier molecular flexibility index (Phi) is 5.98. The van der Waals surface area contributed by atoms with Crippen LogP contribution in [0.5, 0.6) is 0 Å². The molecule has 3 atom stereocenters. The molecule has 6 heteroatoms. The Morgan fingerprint density at radius 3 is 2.48 bits per heavy atom. The fourth-order valence-electron chi connectivity index (χ4n) is 4.57. The smallest absolute Gasteiger partial charge is 0.145 e. The zero-order chi connectivity index (χ0) is 21.6. The molecular weight excluding hydrogens is 413 g/mol. The zero-order valence-corrected chi connectivity index (χ0v) is 18.5. The molecule has 0 spiro atoms. The molecule has 2 aromatic carbocycles. The van der Waals surface area contributed by atoms with Crippen molar-refractivity contribution in [2.45, 2.75) is 44.6 Å². The summed E-state index contributed by atoms with van der Waals surface area (Å²) >= 11 is 12.0. The molecule has 0 radical (unpaired) electrons. The largest absolute Gasteiger partial charge is 0.301 e. The summed E-state index contributed by atoms with van der Waals surface area (Å²) in [7, 11) is 1.90. The number of nitrogens with zero attached hydrogens (tertiary/aromatic N) is 2. The minimum Gasteiger partial charge on any atom is -0.301 e. The molecule has 2 nitrogen and oxygen atoms in total. The lowest BCUT2D eigenvalue weighted by atomic mass is 9.64. The average Bonchev–Trinajstić information content (AvgIpc) is 2.89. The van der Waals surface area contributed by atoms with E-state index in [1.807, 2.05) is 11.9 Å².